The summed E-state index contributed by atoms with van der Waals surface area (Å²) in [5.74, 6) is 0.117. The normalized spacial score (nSPS) is 10.1. The molecular formula is C13H13FN2O3. The Morgan fingerprint density at radius 3 is 2.42 bits per heavy atom. The molecule has 5 nitrogen and oxygen atoms in total. The van der Waals surface area contributed by atoms with Crippen molar-refractivity contribution in [2.24, 2.45) is 0 Å². The maximum Gasteiger partial charge on any atom is 0.270 e. The summed E-state index contributed by atoms with van der Waals surface area (Å²) in [6, 6.07) is 4.64. The molecule has 0 unspecified atom stereocenters. The van der Waals surface area contributed by atoms with Crippen LogP contribution in [-0.2, 0) is 0 Å². The first-order chi connectivity index (χ1) is 9.15. The van der Waals surface area contributed by atoms with Gasteiger partial charge in [-0.1, -0.05) is 6.07 Å². The molecule has 0 fully saturated rings. The summed E-state index contributed by atoms with van der Waals surface area (Å²) in [6.07, 6.45) is 1.25. The van der Waals surface area contributed by atoms with E-state index in [1.165, 1.54) is 32.7 Å². The first-order valence-electron chi connectivity index (χ1n) is 5.52. The van der Waals surface area contributed by atoms with E-state index in [-0.39, 0.29) is 23.3 Å². The summed E-state index contributed by atoms with van der Waals surface area (Å²) >= 11 is 0. The third-order valence-corrected chi connectivity index (χ3v) is 2.43. The summed E-state index contributed by atoms with van der Waals surface area (Å²) in [6.45, 7) is 1.79. The molecule has 0 bridgehead atoms. The molecule has 1 heterocycles. The maximum atomic E-state index is 13.7. The van der Waals surface area contributed by atoms with Gasteiger partial charge in [-0.15, -0.1) is 0 Å². The third-order valence-electron chi connectivity index (χ3n) is 2.43. The molecule has 2 aromatic rings. The van der Waals surface area contributed by atoms with Crippen molar-refractivity contribution in [3.8, 4) is 23.3 Å². The van der Waals surface area contributed by atoms with Crippen LogP contribution in [0, 0.1) is 12.7 Å². The van der Waals surface area contributed by atoms with Gasteiger partial charge in [-0.25, -0.2) is 4.39 Å². The zero-order valence-electron chi connectivity index (χ0n) is 10.8. The van der Waals surface area contributed by atoms with Crippen molar-refractivity contribution >= 4 is 0 Å². The quantitative estimate of drug-likeness (QED) is 0.849. The fourth-order valence-corrected chi connectivity index (χ4v) is 1.53. The Morgan fingerprint density at radius 1 is 1.05 bits per heavy atom. The predicted molar refractivity (Wildman–Crippen MR) is 66.3 cm³/mol. The molecule has 100 valence electrons. The smallest absolute Gasteiger partial charge is 0.270 e. The minimum atomic E-state index is -0.473. The zero-order chi connectivity index (χ0) is 13.8. The van der Waals surface area contributed by atoms with E-state index in [0.717, 1.165) is 5.56 Å². The minimum Gasteiger partial charge on any atom is -0.487 e. The Labute approximate surface area is 110 Å². The molecule has 0 saturated heterocycles. The van der Waals surface area contributed by atoms with Gasteiger partial charge < -0.3 is 14.2 Å². The summed E-state index contributed by atoms with van der Waals surface area (Å²) in [4.78, 5) is 7.79. The second-order valence-corrected chi connectivity index (χ2v) is 3.76. The highest BCUT2D eigenvalue weighted by Crippen LogP contribution is 2.36. The number of methoxy groups -OCH3 is 2. The Hall–Kier alpha value is -2.37. The van der Waals surface area contributed by atoms with Gasteiger partial charge in [0, 0.05) is 0 Å². The van der Waals surface area contributed by atoms with Crippen molar-refractivity contribution in [3.63, 3.8) is 0 Å². The first-order valence-corrected chi connectivity index (χ1v) is 5.52. The molecule has 0 spiro atoms. The molecular weight excluding hydrogens is 251 g/mol. The van der Waals surface area contributed by atoms with Gasteiger partial charge >= 0.3 is 0 Å². The molecule has 0 aliphatic carbocycles. The fraction of sp³-hybridized carbons (Fsp3) is 0.231. The molecule has 0 N–H and O–H groups in total. The fourth-order valence-electron chi connectivity index (χ4n) is 1.53. The zero-order valence-corrected chi connectivity index (χ0v) is 10.8. The van der Waals surface area contributed by atoms with Gasteiger partial charge in [0.2, 0.25) is 5.75 Å². The summed E-state index contributed by atoms with van der Waals surface area (Å²) in [5.41, 5.74) is 0.803. The first kappa shape index (κ1) is 13.1. The van der Waals surface area contributed by atoms with E-state index < -0.39 is 5.82 Å². The second-order valence-electron chi connectivity index (χ2n) is 3.76. The summed E-state index contributed by atoms with van der Waals surface area (Å²) < 4.78 is 29.2. The Balaban J connectivity index is 2.37. The largest absolute Gasteiger partial charge is 0.487 e. The van der Waals surface area contributed by atoms with Crippen LogP contribution in [0.3, 0.4) is 0 Å². The highest BCUT2D eigenvalue weighted by molar-refractivity contribution is 5.44. The third kappa shape index (κ3) is 2.73. The van der Waals surface area contributed by atoms with Gasteiger partial charge in [0.15, 0.2) is 11.6 Å². The van der Waals surface area contributed by atoms with E-state index in [0.29, 0.717) is 0 Å². The van der Waals surface area contributed by atoms with E-state index in [9.17, 15) is 4.39 Å². The van der Waals surface area contributed by atoms with Crippen LogP contribution in [0.5, 0.6) is 23.3 Å². The van der Waals surface area contributed by atoms with Gasteiger partial charge in [0.25, 0.3) is 11.8 Å². The average Bonchev–Trinajstić information content (AvgIpc) is 2.41. The lowest BCUT2D eigenvalue weighted by Gasteiger charge is -2.11. The monoisotopic (exact) mass is 264 g/mol. The van der Waals surface area contributed by atoms with Crippen molar-refractivity contribution < 1.29 is 18.6 Å². The molecule has 0 aliphatic rings. The number of ether oxygens (including phenoxy) is 3. The topological polar surface area (TPSA) is 53.5 Å². The van der Waals surface area contributed by atoms with Crippen LogP contribution in [0.25, 0.3) is 0 Å². The molecule has 2 rings (SSSR count). The summed E-state index contributed by atoms with van der Waals surface area (Å²) in [5, 5.41) is 0. The minimum absolute atomic E-state index is 0.0599. The van der Waals surface area contributed by atoms with Crippen LogP contribution >= 0.6 is 0 Å². The van der Waals surface area contributed by atoms with Crippen molar-refractivity contribution in [2.45, 2.75) is 6.92 Å². The second kappa shape index (κ2) is 5.51. The Bertz CT molecular complexity index is 590. The SMILES string of the molecule is COc1ncnc(Oc2ccc(C)cc2F)c1OC. The van der Waals surface area contributed by atoms with Gasteiger partial charge in [-0.3, -0.25) is 0 Å². The number of nitrogens with zero attached hydrogens (tertiary/aromatic N) is 2. The van der Waals surface area contributed by atoms with Crippen LogP contribution in [0.1, 0.15) is 5.56 Å². The molecule has 0 saturated carbocycles. The van der Waals surface area contributed by atoms with Crippen molar-refractivity contribution in [1.82, 2.24) is 9.97 Å². The molecule has 0 amide bonds. The molecule has 6 heteroatoms. The van der Waals surface area contributed by atoms with E-state index in [1.54, 1.807) is 13.0 Å². The van der Waals surface area contributed by atoms with Crippen LogP contribution in [0.2, 0.25) is 0 Å². The standard InChI is InChI=1S/C13H13FN2O3/c1-8-4-5-10(9(14)6-8)19-13-11(17-2)12(18-3)15-7-16-13/h4-7H,1-3H3. The van der Waals surface area contributed by atoms with Crippen LogP contribution in [0.15, 0.2) is 24.5 Å². The van der Waals surface area contributed by atoms with E-state index >= 15 is 0 Å². The van der Waals surface area contributed by atoms with Crippen molar-refractivity contribution in [1.29, 1.82) is 0 Å². The summed E-state index contributed by atoms with van der Waals surface area (Å²) in [7, 11) is 2.88. The number of benzene rings is 1. The lowest BCUT2D eigenvalue weighted by molar-refractivity contribution is 0.316. The van der Waals surface area contributed by atoms with E-state index in [2.05, 4.69) is 9.97 Å². The van der Waals surface area contributed by atoms with Gasteiger partial charge in [0.1, 0.15) is 6.33 Å². The number of hydrogen-bond acceptors (Lipinski definition) is 5. The highest BCUT2D eigenvalue weighted by Gasteiger charge is 2.16. The average molecular weight is 264 g/mol. The van der Waals surface area contributed by atoms with Crippen molar-refractivity contribution in [2.75, 3.05) is 14.2 Å². The molecule has 1 aromatic carbocycles. The number of halogens is 1. The lowest BCUT2D eigenvalue weighted by Crippen LogP contribution is -1.99. The number of aryl methyl sites for hydroxylation is 1. The maximum absolute atomic E-state index is 13.7. The van der Waals surface area contributed by atoms with Crippen LogP contribution in [-0.4, -0.2) is 24.2 Å². The van der Waals surface area contributed by atoms with Gasteiger partial charge in [-0.2, -0.15) is 9.97 Å². The van der Waals surface area contributed by atoms with E-state index in [4.69, 9.17) is 14.2 Å². The molecule has 0 aliphatic heterocycles. The Morgan fingerprint density at radius 2 is 1.79 bits per heavy atom. The van der Waals surface area contributed by atoms with Gasteiger partial charge in [-0.05, 0) is 24.6 Å². The highest BCUT2D eigenvalue weighted by atomic mass is 19.1. The molecule has 0 radical (unpaired) electrons. The van der Waals surface area contributed by atoms with Crippen molar-refractivity contribution in [3.05, 3.63) is 35.9 Å². The number of rotatable bonds is 4. The Kier molecular flexibility index (Phi) is 3.79. The molecule has 19 heavy (non-hydrogen) atoms. The predicted octanol–water partition coefficient (Wildman–Crippen LogP) is 2.73. The molecule has 0 atom stereocenters. The van der Waals surface area contributed by atoms with E-state index in [1.807, 2.05) is 0 Å². The number of aromatic nitrogens is 2. The molecule has 1 aromatic heterocycles. The lowest BCUT2D eigenvalue weighted by atomic mass is 10.2. The van der Waals surface area contributed by atoms with Crippen LogP contribution in [0.4, 0.5) is 4.39 Å². The van der Waals surface area contributed by atoms with Crippen LogP contribution < -0.4 is 14.2 Å². The van der Waals surface area contributed by atoms with Gasteiger partial charge in [0.05, 0.1) is 14.2 Å². The number of hydrogen-bond donors (Lipinski definition) is 0.